The second-order valence-corrected chi connectivity index (χ2v) is 7.66. The van der Waals surface area contributed by atoms with Gasteiger partial charge in [-0.1, -0.05) is 0 Å². The third-order valence-electron chi connectivity index (χ3n) is 5.35. The van der Waals surface area contributed by atoms with Gasteiger partial charge in [-0.2, -0.15) is 0 Å². The van der Waals surface area contributed by atoms with Crippen LogP contribution in [0.1, 0.15) is 0 Å². The molecule has 0 aromatic rings. The molecule has 0 aromatic carbocycles. The lowest BCUT2D eigenvalue weighted by molar-refractivity contribution is -0.135. The Morgan fingerprint density at radius 3 is 1.62 bits per heavy atom. The molecule has 37 heavy (non-hydrogen) atoms. The predicted octanol–water partition coefficient (Wildman–Crippen LogP) is 0.214. The van der Waals surface area contributed by atoms with Crippen molar-refractivity contribution in [1.82, 2.24) is 0 Å². The van der Waals surface area contributed by atoms with E-state index in [1.165, 1.54) is 18.2 Å². The Balaban J connectivity index is 0.00000320. The van der Waals surface area contributed by atoms with Crippen LogP contribution in [0.4, 0.5) is 0 Å². The van der Waals surface area contributed by atoms with E-state index in [1.54, 1.807) is 24.3 Å². The van der Waals surface area contributed by atoms with Crippen LogP contribution in [-0.4, -0.2) is 84.5 Å². The number of nitrogens with zero attached hydrogens (tertiary/aromatic N) is 4. The van der Waals surface area contributed by atoms with Crippen LogP contribution in [0.25, 0.3) is 0 Å². The lowest BCUT2D eigenvalue weighted by Gasteiger charge is -2.08. The van der Waals surface area contributed by atoms with E-state index in [0.29, 0.717) is 17.1 Å². The minimum Gasteiger partial charge on any atom is -0.478 e. The number of hydrogen-bond donors (Lipinski definition) is 4. The molecule has 0 aliphatic carbocycles. The molecule has 0 unspecified atom stereocenters. The largest absolute Gasteiger partial charge is 0.478 e. The van der Waals surface area contributed by atoms with Crippen LogP contribution < -0.4 is 0 Å². The van der Waals surface area contributed by atoms with Gasteiger partial charge in [-0.3, -0.25) is 0 Å². The van der Waals surface area contributed by atoms with E-state index in [9.17, 15) is 39.6 Å². The number of rotatable bonds is 4. The van der Waals surface area contributed by atoms with Crippen LogP contribution in [0.3, 0.4) is 0 Å². The molecule has 12 nitrogen and oxygen atoms in total. The summed E-state index contributed by atoms with van der Waals surface area (Å²) in [5.74, 6) is -6.71. The molecule has 182 valence electrons. The van der Waals surface area contributed by atoms with E-state index < -0.39 is 57.6 Å². The summed E-state index contributed by atoms with van der Waals surface area (Å²) in [6.07, 6.45) is 11.9. The first kappa shape index (κ1) is 25.1. The summed E-state index contributed by atoms with van der Waals surface area (Å²) in [6, 6.07) is 0. The zero-order valence-electron chi connectivity index (χ0n) is 17.8. The van der Waals surface area contributed by atoms with Gasteiger partial charge in [-0.15, -0.1) is 0 Å². The molecular formula is C24H15AlN4O8. The molecule has 0 amide bonds. The smallest absolute Gasteiger partial charge is 0.340 e. The second-order valence-electron chi connectivity index (χ2n) is 7.66. The van der Waals surface area contributed by atoms with Crippen LogP contribution in [0.15, 0.2) is 114 Å². The fourth-order valence-electron chi connectivity index (χ4n) is 3.92. The molecular weight excluding hydrogens is 499 g/mol. The Morgan fingerprint density at radius 2 is 1.08 bits per heavy atom. The topological polar surface area (TPSA) is 199 Å². The number of allylic oxidation sites excluding steroid dienone is 8. The molecule has 0 atom stereocenters. The van der Waals surface area contributed by atoms with Crippen LogP contribution in [0.5, 0.6) is 0 Å². The lowest BCUT2D eigenvalue weighted by atomic mass is 9.96. The van der Waals surface area contributed by atoms with Crippen molar-refractivity contribution in [1.29, 1.82) is 0 Å². The number of carbonyl (C=O) groups is 4. The van der Waals surface area contributed by atoms with Crippen molar-refractivity contribution in [3.05, 3.63) is 93.7 Å². The number of carboxylic acids is 4. The quantitative estimate of drug-likeness (QED) is 0.382. The van der Waals surface area contributed by atoms with Crippen LogP contribution in [0.2, 0.25) is 0 Å². The first-order chi connectivity index (χ1) is 17.1. The highest BCUT2D eigenvalue weighted by Gasteiger charge is 2.39. The van der Waals surface area contributed by atoms with E-state index in [2.05, 4.69) is 20.0 Å². The van der Waals surface area contributed by atoms with Crippen LogP contribution in [0, 0.1) is 0 Å². The van der Waals surface area contributed by atoms with E-state index in [1.807, 2.05) is 0 Å². The Bertz CT molecular complexity index is 1620. The first-order valence-electron chi connectivity index (χ1n) is 10.1. The molecule has 0 saturated heterocycles. The van der Waals surface area contributed by atoms with Crippen molar-refractivity contribution >= 4 is 64.1 Å². The van der Waals surface area contributed by atoms with Gasteiger partial charge in [0, 0.05) is 0 Å². The summed E-state index contributed by atoms with van der Waals surface area (Å²) in [5, 5.41) is 39.3. The molecule has 5 aliphatic heterocycles. The Morgan fingerprint density at radius 1 is 0.541 bits per heavy atom. The van der Waals surface area contributed by atoms with E-state index in [0.717, 1.165) is 6.08 Å². The molecule has 5 heterocycles. The number of carboxylic acid groups (broad SMARTS) is 4. The third-order valence-corrected chi connectivity index (χ3v) is 5.35. The first-order valence-corrected chi connectivity index (χ1v) is 10.1. The summed E-state index contributed by atoms with van der Waals surface area (Å²) in [7, 11) is 0. The van der Waals surface area contributed by atoms with E-state index in [4.69, 9.17) is 0 Å². The highest BCUT2D eigenvalue weighted by atomic mass is 27.0. The highest BCUT2D eigenvalue weighted by molar-refractivity contribution is 6.38. The molecule has 13 heteroatoms. The predicted molar refractivity (Wildman–Crippen MR) is 135 cm³/mol. The standard InChI is InChI=1S/C24H12N4O8.Al.3H/c29-21(30)14-7-13-6-11-2-1-9(25-11)5-10-3-4-12(26-10)8-15-16(22(31)32)17(23(33)34)20(28-15)18(24(35)36)19(14)27-13;;;;/h1-8H,(H,29,30)(H,31,32)(H,33,34)(H,35,36);;;;. The molecule has 0 aromatic heterocycles. The summed E-state index contributed by atoms with van der Waals surface area (Å²) < 4.78 is 0. The average Bonchev–Trinajstić information content (AvgIpc) is 3.56. The van der Waals surface area contributed by atoms with E-state index in [-0.39, 0.29) is 34.5 Å². The van der Waals surface area contributed by atoms with Crippen molar-refractivity contribution in [3.8, 4) is 0 Å². The maximum atomic E-state index is 12.3. The molecule has 5 rings (SSSR count). The van der Waals surface area contributed by atoms with Gasteiger partial charge in [0.25, 0.3) is 0 Å². The van der Waals surface area contributed by atoms with Crippen molar-refractivity contribution in [2.75, 3.05) is 0 Å². The van der Waals surface area contributed by atoms with Gasteiger partial charge >= 0.3 is 23.9 Å². The van der Waals surface area contributed by atoms with E-state index >= 15 is 0 Å². The molecule has 0 saturated carbocycles. The zero-order chi connectivity index (χ0) is 25.7. The van der Waals surface area contributed by atoms with Crippen LogP contribution >= 0.6 is 0 Å². The zero-order valence-corrected chi connectivity index (χ0v) is 17.8. The third kappa shape index (κ3) is 4.40. The van der Waals surface area contributed by atoms with Gasteiger partial charge in [0.15, 0.2) is 17.4 Å². The maximum Gasteiger partial charge on any atom is 0.340 e. The van der Waals surface area contributed by atoms with Crippen molar-refractivity contribution in [2.24, 2.45) is 20.0 Å². The maximum absolute atomic E-state index is 12.3. The molecule has 0 spiro atoms. The fourth-order valence-corrected chi connectivity index (χ4v) is 3.92. The Labute approximate surface area is 217 Å². The van der Waals surface area contributed by atoms with Gasteiger partial charge in [0.1, 0.15) is 16.7 Å². The number of aliphatic carboxylic acids is 4. The number of hydrogen-bond acceptors (Lipinski definition) is 8. The summed E-state index contributed by atoms with van der Waals surface area (Å²) in [5.41, 5.74) is -3.13. The average molecular weight is 514 g/mol. The van der Waals surface area contributed by atoms with Crippen LogP contribution in [-0.2, 0) is 19.2 Å². The van der Waals surface area contributed by atoms with Gasteiger partial charge in [-0.05, 0) is 48.6 Å². The molecule has 4 N–H and O–H groups in total. The highest BCUT2D eigenvalue weighted by Crippen LogP contribution is 2.34. The summed E-state index contributed by atoms with van der Waals surface area (Å²) in [6.45, 7) is 0. The molecule has 8 bridgehead atoms. The molecule has 0 radical (unpaired) electrons. The van der Waals surface area contributed by atoms with Crippen molar-refractivity contribution in [2.45, 2.75) is 0 Å². The fraction of sp³-hybridized carbons (Fsp3) is 0. The minimum atomic E-state index is -1.76. The monoisotopic (exact) mass is 514 g/mol. The lowest BCUT2D eigenvalue weighted by Crippen LogP contribution is -2.21. The second kappa shape index (κ2) is 9.23. The minimum absolute atomic E-state index is 0. The normalized spacial score (nSPS) is 19.2. The SMILES string of the molecule is O=C(O)C1=CC2=CC3=NC(=CC4=NC(=CC5=NC(=C(C(=O)O)C1=N2)C(C(=O)O)=C5C(=O)O)C=C4)C=C3.[AlH3]. The van der Waals surface area contributed by atoms with Gasteiger partial charge in [0.05, 0.1) is 51.2 Å². The molecule has 5 aliphatic rings. The van der Waals surface area contributed by atoms with Gasteiger partial charge < -0.3 is 20.4 Å². The summed E-state index contributed by atoms with van der Waals surface area (Å²) in [4.78, 5) is 65.3. The summed E-state index contributed by atoms with van der Waals surface area (Å²) >= 11 is 0. The molecule has 0 fully saturated rings. The van der Waals surface area contributed by atoms with Crippen molar-refractivity contribution in [3.63, 3.8) is 0 Å². The Hall–Kier alpha value is -4.99. The van der Waals surface area contributed by atoms with Gasteiger partial charge in [0.2, 0.25) is 0 Å². The number of fused-ring (bicyclic) bond motifs is 4. The number of aliphatic imine (C=N–C) groups is 4. The Kier molecular flexibility index (Phi) is 6.27. The van der Waals surface area contributed by atoms with Crippen molar-refractivity contribution < 1.29 is 39.6 Å². The van der Waals surface area contributed by atoms with Gasteiger partial charge in [-0.25, -0.2) is 39.1 Å².